The van der Waals surface area contributed by atoms with Gasteiger partial charge in [0.05, 0.1) is 5.69 Å². The summed E-state index contributed by atoms with van der Waals surface area (Å²) in [5, 5.41) is 8.21. The van der Waals surface area contributed by atoms with Crippen LogP contribution in [0.15, 0.2) is 0 Å². The molecule has 4 heteroatoms. The number of likely N-dealkylation sites (tertiary alicyclic amines) is 1. The van der Waals surface area contributed by atoms with Gasteiger partial charge in [-0.1, -0.05) is 6.42 Å². The van der Waals surface area contributed by atoms with E-state index in [1.807, 2.05) is 11.7 Å². The summed E-state index contributed by atoms with van der Waals surface area (Å²) in [7, 11) is 4.27. The van der Waals surface area contributed by atoms with Crippen LogP contribution in [-0.2, 0) is 7.05 Å². The molecule has 108 valence electrons. The first kappa shape index (κ1) is 14.5. The fourth-order valence-corrected chi connectivity index (χ4v) is 3.23. The predicted octanol–water partition coefficient (Wildman–Crippen LogP) is 2.17. The summed E-state index contributed by atoms with van der Waals surface area (Å²) in [6.07, 6.45) is 4.04. The fraction of sp³-hybridized carbons (Fsp3) is 0.800. The zero-order valence-electron chi connectivity index (χ0n) is 13.0. The third kappa shape index (κ3) is 3.18. The minimum atomic E-state index is 0.379. The second kappa shape index (κ2) is 6.06. The summed E-state index contributed by atoms with van der Waals surface area (Å²) in [6, 6.07) is 1.07. The highest BCUT2D eigenvalue weighted by atomic mass is 15.3. The number of hydrogen-bond acceptors (Lipinski definition) is 3. The molecule has 0 aromatic carbocycles. The van der Waals surface area contributed by atoms with Crippen molar-refractivity contribution in [1.29, 1.82) is 0 Å². The van der Waals surface area contributed by atoms with E-state index in [4.69, 9.17) is 0 Å². The smallest absolute Gasteiger partial charge is 0.0644 e. The van der Waals surface area contributed by atoms with Crippen LogP contribution in [0.25, 0.3) is 0 Å². The zero-order chi connectivity index (χ0) is 14.0. The molecule has 1 fully saturated rings. The molecule has 0 spiro atoms. The van der Waals surface area contributed by atoms with E-state index in [1.165, 1.54) is 37.1 Å². The highest BCUT2D eigenvalue weighted by Gasteiger charge is 2.21. The van der Waals surface area contributed by atoms with Crippen molar-refractivity contribution < 1.29 is 0 Å². The molecule has 0 amide bonds. The normalized spacial score (nSPS) is 22.7. The summed E-state index contributed by atoms with van der Waals surface area (Å²) in [5.74, 6) is 0. The number of rotatable bonds is 4. The lowest BCUT2D eigenvalue weighted by Crippen LogP contribution is -2.43. The Labute approximate surface area is 117 Å². The molecule has 1 N–H and O–H groups in total. The number of hydrogen-bond donors (Lipinski definition) is 1. The van der Waals surface area contributed by atoms with Gasteiger partial charge in [-0.2, -0.15) is 5.10 Å². The molecular formula is C15H28N4. The van der Waals surface area contributed by atoms with Crippen LogP contribution < -0.4 is 5.32 Å². The van der Waals surface area contributed by atoms with Gasteiger partial charge < -0.3 is 10.2 Å². The third-order valence-corrected chi connectivity index (χ3v) is 4.58. The van der Waals surface area contributed by atoms with Crippen LogP contribution in [0.2, 0.25) is 0 Å². The van der Waals surface area contributed by atoms with Crippen LogP contribution in [0.1, 0.15) is 49.2 Å². The Kier molecular flexibility index (Phi) is 4.63. The van der Waals surface area contributed by atoms with Crippen molar-refractivity contribution >= 4 is 0 Å². The minimum absolute atomic E-state index is 0.379. The average Bonchev–Trinajstić information content (AvgIpc) is 2.62. The molecule has 1 aromatic rings. The third-order valence-electron chi connectivity index (χ3n) is 4.58. The SMILES string of the molecule is Cc1nn(C)c(C)c1C(C)NCC1CCCCN1C. The number of nitrogens with zero attached hydrogens (tertiary/aromatic N) is 3. The molecule has 19 heavy (non-hydrogen) atoms. The lowest BCUT2D eigenvalue weighted by molar-refractivity contribution is 0.178. The highest BCUT2D eigenvalue weighted by Crippen LogP contribution is 2.21. The van der Waals surface area contributed by atoms with E-state index in [1.54, 1.807) is 0 Å². The summed E-state index contributed by atoms with van der Waals surface area (Å²) < 4.78 is 1.98. The molecule has 0 radical (unpaired) electrons. The topological polar surface area (TPSA) is 33.1 Å². The lowest BCUT2D eigenvalue weighted by Gasteiger charge is -2.33. The summed E-state index contributed by atoms with van der Waals surface area (Å²) >= 11 is 0. The van der Waals surface area contributed by atoms with Gasteiger partial charge in [0.1, 0.15) is 0 Å². The molecule has 2 atom stereocenters. The Morgan fingerprint density at radius 2 is 2.05 bits per heavy atom. The minimum Gasteiger partial charge on any atom is -0.309 e. The van der Waals surface area contributed by atoms with E-state index in [0.29, 0.717) is 12.1 Å². The van der Waals surface area contributed by atoms with Crippen molar-refractivity contribution in [3.63, 3.8) is 0 Å². The maximum atomic E-state index is 4.51. The molecule has 1 aliphatic rings. The molecule has 0 saturated carbocycles. The predicted molar refractivity (Wildman–Crippen MR) is 79.4 cm³/mol. The van der Waals surface area contributed by atoms with Gasteiger partial charge in [0.15, 0.2) is 0 Å². The lowest BCUT2D eigenvalue weighted by atomic mass is 10.0. The average molecular weight is 264 g/mol. The van der Waals surface area contributed by atoms with Gasteiger partial charge in [-0.05, 0) is 47.2 Å². The molecule has 2 unspecified atom stereocenters. The maximum absolute atomic E-state index is 4.51. The van der Waals surface area contributed by atoms with Crippen LogP contribution in [0.4, 0.5) is 0 Å². The number of likely N-dealkylation sites (N-methyl/N-ethyl adjacent to an activating group) is 1. The molecule has 1 aromatic heterocycles. The molecule has 1 aliphatic heterocycles. The van der Waals surface area contributed by atoms with E-state index in [9.17, 15) is 0 Å². The van der Waals surface area contributed by atoms with Gasteiger partial charge in [0.25, 0.3) is 0 Å². The number of aromatic nitrogens is 2. The first-order valence-electron chi connectivity index (χ1n) is 7.44. The Morgan fingerprint density at radius 3 is 2.63 bits per heavy atom. The van der Waals surface area contributed by atoms with Crippen LogP contribution in [0.3, 0.4) is 0 Å². The van der Waals surface area contributed by atoms with Crippen LogP contribution >= 0.6 is 0 Å². The van der Waals surface area contributed by atoms with Crippen molar-refractivity contribution in [3.05, 3.63) is 17.0 Å². The van der Waals surface area contributed by atoms with Crippen molar-refractivity contribution in [2.24, 2.45) is 7.05 Å². The first-order valence-corrected chi connectivity index (χ1v) is 7.44. The van der Waals surface area contributed by atoms with Crippen molar-refractivity contribution in [1.82, 2.24) is 20.0 Å². The van der Waals surface area contributed by atoms with Gasteiger partial charge in [0, 0.05) is 36.9 Å². The Morgan fingerprint density at radius 1 is 1.32 bits per heavy atom. The Bertz CT molecular complexity index is 424. The van der Waals surface area contributed by atoms with Crippen LogP contribution in [0.5, 0.6) is 0 Å². The van der Waals surface area contributed by atoms with E-state index in [-0.39, 0.29) is 0 Å². The quantitative estimate of drug-likeness (QED) is 0.905. The molecule has 0 aliphatic carbocycles. The Balaban J connectivity index is 1.95. The largest absolute Gasteiger partial charge is 0.309 e. The van der Waals surface area contributed by atoms with Gasteiger partial charge in [-0.3, -0.25) is 4.68 Å². The molecule has 2 rings (SSSR count). The van der Waals surface area contributed by atoms with E-state index >= 15 is 0 Å². The molecule has 4 nitrogen and oxygen atoms in total. The molecule has 2 heterocycles. The number of aryl methyl sites for hydroxylation is 2. The molecule has 0 bridgehead atoms. The van der Waals surface area contributed by atoms with E-state index < -0.39 is 0 Å². The second-order valence-electron chi connectivity index (χ2n) is 5.97. The van der Waals surface area contributed by atoms with Gasteiger partial charge in [-0.15, -0.1) is 0 Å². The fourth-order valence-electron chi connectivity index (χ4n) is 3.23. The second-order valence-corrected chi connectivity index (χ2v) is 5.97. The molecular weight excluding hydrogens is 236 g/mol. The maximum Gasteiger partial charge on any atom is 0.0644 e. The van der Waals surface area contributed by atoms with E-state index in [2.05, 4.69) is 43.1 Å². The van der Waals surface area contributed by atoms with Gasteiger partial charge >= 0.3 is 0 Å². The van der Waals surface area contributed by atoms with E-state index in [0.717, 1.165) is 12.2 Å². The van der Waals surface area contributed by atoms with Crippen molar-refractivity contribution in [2.75, 3.05) is 20.1 Å². The number of piperidine rings is 1. The monoisotopic (exact) mass is 264 g/mol. The Hall–Kier alpha value is -0.870. The zero-order valence-corrected chi connectivity index (χ0v) is 13.0. The van der Waals surface area contributed by atoms with Gasteiger partial charge in [0.2, 0.25) is 0 Å². The summed E-state index contributed by atoms with van der Waals surface area (Å²) in [5.41, 5.74) is 3.78. The van der Waals surface area contributed by atoms with Crippen LogP contribution in [0, 0.1) is 13.8 Å². The highest BCUT2D eigenvalue weighted by molar-refractivity contribution is 5.27. The van der Waals surface area contributed by atoms with Crippen molar-refractivity contribution in [2.45, 2.75) is 52.1 Å². The standard InChI is InChI=1S/C15H28N4/c1-11(15-12(2)17-19(5)13(15)3)16-10-14-8-6-7-9-18(14)4/h11,14,16H,6-10H2,1-5H3. The van der Waals surface area contributed by atoms with Crippen LogP contribution in [-0.4, -0.2) is 40.9 Å². The summed E-state index contributed by atoms with van der Waals surface area (Å²) in [6.45, 7) is 8.82. The summed E-state index contributed by atoms with van der Waals surface area (Å²) in [4.78, 5) is 2.49. The van der Waals surface area contributed by atoms with Gasteiger partial charge in [-0.25, -0.2) is 0 Å². The van der Waals surface area contributed by atoms with Crippen molar-refractivity contribution in [3.8, 4) is 0 Å². The first-order chi connectivity index (χ1) is 9.00. The number of nitrogens with one attached hydrogen (secondary N) is 1. The molecule has 1 saturated heterocycles.